The maximum Gasteiger partial charge on any atom is 0.408 e. The molecule has 0 aliphatic carbocycles. The summed E-state index contributed by atoms with van der Waals surface area (Å²) >= 11 is 0. The maximum absolute atomic E-state index is 13.8. The van der Waals surface area contributed by atoms with Gasteiger partial charge in [0, 0.05) is 19.5 Å². The molecule has 1 unspecified atom stereocenters. The topological polar surface area (TPSA) is 87.2 Å². The smallest absolute Gasteiger partial charge is 0.408 e. The fourth-order valence-corrected chi connectivity index (χ4v) is 4.42. The fraction of sp³-hybridized carbons (Fsp3) is 0.250. The molecule has 0 aromatic heterocycles. The van der Waals surface area contributed by atoms with Gasteiger partial charge in [0.2, 0.25) is 5.91 Å². The van der Waals surface area contributed by atoms with Crippen molar-refractivity contribution < 1.29 is 24.2 Å². The zero-order chi connectivity index (χ0) is 24.8. The highest BCUT2D eigenvalue weighted by molar-refractivity contribution is 5.89. The van der Waals surface area contributed by atoms with Crippen molar-refractivity contribution in [2.24, 2.45) is 0 Å². The van der Waals surface area contributed by atoms with Crippen molar-refractivity contribution in [3.8, 4) is 0 Å². The molecule has 0 spiro atoms. The van der Waals surface area contributed by atoms with E-state index in [0.29, 0.717) is 31.5 Å². The van der Waals surface area contributed by atoms with E-state index in [0.717, 1.165) is 22.3 Å². The molecule has 0 saturated carbocycles. The van der Waals surface area contributed by atoms with Gasteiger partial charge in [0.25, 0.3) is 0 Å². The van der Waals surface area contributed by atoms with Crippen molar-refractivity contribution in [3.05, 3.63) is 107 Å². The summed E-state index contributed by atoms with van der Waals surface area (Å²) in [5.41, 5.74) is 4.29. The predicted octanol–water partition coefficient (Wildman–Crippen LogP) is 4.15. The molecule has 1 heterocycles. The second-order valence-electron chi connectivity index (χ2n) is 8.58. The van der Waals surface area contributed by atoms with Crippen LogP contribution >= 0.6 is 0 Å². The first kappa shape index (κ1) is 24.0. The molecule has 1 atom stereocenters. The summed E-state index contributed by atoms with van der Waals surface area (Å²) in [5, 5.41) is 9.88. The highest BCUT2D eigenvalue weighted by Gasteiger charge is 2.36. The van der Waals surface area contributed by atoms with Crippen LogP contribution in [0.2, 0.25) is 0 Å². The summed E-state index contributed by atoms with van der Waals surface area (Å²) in [6.07, 6.45) is -0.128. The minimum atomic E-state index is -1.11. The van der Waals surface area contributed by atoms with E-state index in [4.69, 9.17) is 4.74 Å². The molecule has 1 aliphatic rings. The van der Waals surface area contributed by atoms with Crippen molar-refractivity contribution in [3.63, 3.8) is 0 Å². The van der Waals surface area contributed by atoms with E-state index >= 15 is 0 Å². The van der Waals surface area contributed by atoms with Crippen LogP contribution in [0.5, 0.6) is 0 Å². The van der Waals surface area contributed by atoms with Crippen molar-refractivity contribution in [2.45, 2.75) is 32.0 Å². The molecule has 0 bridgehead atoms. The number of carbonyl (C=O) groups excluding carboxylic acids is 2. The lowest BCUT2D eigenvalue weighted by Gasteiger charge is -2.37. The van der Waals surface area contributed by atoms with E-state index in [1.807, 2.05) is 54.6 Å². The molecule has 7 nitrogen and oxygen atoms in total. The number of hydrogen-bond acceptors (Lipinski definition) is 4. The van der Waals surface area contributed by atoms with Crippen LogP contribution in [0.4, 0.5) is 4.79 Å². The molecule has 3 aromatic rings. The molecule has 1 N–H and O–H groups in total. The molecule has 4 rings (SSSR count). The van der Waals surface area contributed by atoms with Crippen LogP contribution in [0.3, 0.4) is 0 Å². The van der Waals surface area contributed by atoms with Gasteiger partial charge < -0.3 is 14.7 Å². The third-order valence-corrected chi connectivity index (χ3v) is 6.35. The van der Waals surface area contributed by atoms with Gasteiger partial charge in [-0.2, -0.15) is 0 Å². The van der Waals surface area contributed by atoms with Gasteiger partial charge >= 0.3 is 12.1 Å². The van der Waals surface area contributed by atoms with Crippen LogP contribution in [-0.4, -0.2) is 52.6 Å². The fourth-order valence-electron chi connectivity index (χ4n) is 4.42. The average Bonchev–Trinajstić information content (AvgIpc) is 2.90. The summed E-state index contributed by atoms with van der Waals surface area (Å²) in [5.74, 6) is -0.651. The van der Waals surface area contributed by atoms with Crippen LogP contribution < -0.4 is 0 Å². The Morgan fingerprint density at radius 2 is 1.57 bits per heavy atom. The molecule has 180 valence electrons. The first-order valence-corrected chi connectivity index (χ1v) is 11.5. The van der Waals surface area contributed by atoms with Gasteiger partial charge in [-0.3, -0.25) is 9.69 Å². The Labute approximate surface area is 204 Å². The lowest BCUT2D eigenvalue weighted by Crippen LogP contribution is -2.53. The average molecular weight is 473 g/mol. The number of benzene rings is 3. The Hall–Kier alpha value is -4.13. The Kier molecular flexibility index (Phi) is 7.45. The van der Waals surface area contributed by atoms with Crippen LogP contribution in [0.15, 0.2) is 78.9 Å². The number of hydrogen-bond donors (Lipinski definition) is 1. The number of fused-ring (bicyclic) bond motifs is 1. The number of rotatable bonds is 7. The minimum absolute atomic E-state index is 0.183. The summed E-state index contributed by atoms with van der Waals surface area (Å²) in [6.45, 7) is 0.925. The summed E-state index contributed by atoms with van der Waals surface area (Å²) in [6, 6.07) is 23.6. The van der Waals surface area contributed by atoms with Gasteiger partial charge in [-0.25, -0.2) is 9.59 Å². The highest BCUT2D eigenvalue weighted by Crippen LogP contribution is 2.25. The summed E-state index contributed by atoms with van der Waals surface area (Å²) in [7, 11) is 1.33. The number of nitrogens with zero attached hydrogens (tertiary/aromatic N) is 2. The normalized spacial score (nSPS) is 14.7. The lowest BCUT2D eigenvalue weighted by molar-refractivity contribution is -0.137. The largest absolute Gasteiger partial charge is 0.465 e. The van der Waals surface area contributed by atoms with Gasteiger partial charge in [-0.05, 0) is 40.8 Å². The van der Waals surface area contributed by atoms with Crippen LogP contribution in [0.25, 0.3) is 0 Å². The second-order valence-corrected chi connectivity index (χ2v) is 8.58. The lowest BCUT2D eigenvalue weighted by atomic mass is 9.93. The molecular weight excluding hydrogens is 444 g/mol. The summed E-state index contributed by atoms with van der Waals surface area (Å²) < 4.78 is 4.76. The third-order valence-electron chi connectivity index (χ3n) is 6.35. The quantitative estimate of drug-likeness (QED) is 0.522. The van der Waals surface area contributed by atoms with E-state index < -0.39 is 18.1 Å². The SMILES string of the molecule is COC(=O)c1ccc(CN(CCc2ccccc2)C(=O)C2Cc3ccccc3CN2C(=O)O)cc1. The summed E-state index contributed by atoms with van der Waals surface area (Å²) in [4.78, 5) is 40.6. The third kappa shape index (κ3) is 5.69. The van der Waals surface area contributed by atoms with Gasteiger partial charge in [-0.15, -0.1) is 0 Å². The number of amides is 2. The van der Waals surface area contributed by atoms with Crippen molar-refractivity contribution in [1.82, 2.24) is 9.80 Å². The molecule has 3 aromatic carbocycles. The van der Waals surface area contributed by atoms with Crippen LogP contribution in [-0.2, 0) is 35.5 Å². The molecule has 0 fully saturated rings. The number of carboxylic acid groups (broad SMARTS) is 1. The Morgan fingerprint density at radius 1 is 0.914 bits per heavy atom. The van der Waals surface area contributed by atoms with E-state index in [-0.39, 0.29) is 12.5 Å². The molecule has 0 saturated heterocycles. The zero-order valence-electron chi connectivity index (χ0n) is 19.6. The van der Waals surface area contributed by atoms with Gasteiger partial charge in [0.15, 0.2) is 0 Å². The van der Waals surface area contributed by atoms with E-state index in [1.54, 1.807) is 29.2 Å². The van der Waals surface area contributed by atoms with Crippen molar-refractivity contribution >= 4 is 18.0 Å². The Bertz CT molecular complexity index is 1190. The first-order chi connectivity index (χ1) is 17.0. The maximum atomic E-state index is 13.8. The van der Waals surface area contributed by atoms with Crippen LogP contribution in [0.1, 0.15) is 32.6 Å². The zero-order valence-corrected chi connectivity index (χ0v) is 19.6. The van der Waals surface area contributed by atoms with Gasteiger partial charge in [0.05, 0.1) is 19.2 Å². The minimum Gasteiger partial charge on any atom is -0.465 e. The van der Waals surface area contributed by atoms with Crippen molar-refractivity contribution in [1.29, 1.82) is 0 Å². The number of carbonyl (C=O) groups is 3. The Morgan fingerprint density at radius 3 is 2.23 bits per heavy atom. The van der Waals surface area contributed by atoms with Crippen LogP contribution in [0, 0.1) is 0 Å². The highest BCUT2D eigenvalue weighted by atomic mass is 16.5. The molecule has 2 amide bonds. The van der Waals surface area contributed by atoms with Gasteiger partial charge in [-0.1, -0.05) is 66.7 Å². The predicted molar refractivity (Wildman–Crippen MR) is 131 cm³/mol. The van der Waals surface area contributed by atoms with E-state index in [9.17, 15) is 19.5 Å². The first-order valence-electron chi connectivity index (χ1n) is 11.5. The van der Waals surface area contributed by atoms with Crippen molar-refractivity contribution in [2.75, 3.05) is 13.7 Å². The molecule has 35 heavy (non-hydrogen) atoms. The molecule has 0 radical (unpaired) electrons. The molecular formula is C28H28N2O5. The standard InChI is InChI=1S/C28H28N2O5/c1-35-27(32)22-13-11-21(12-14-22)18-29(16-15-20-7-3-2-4-8-20)26(31)25-17-23-9-5-6-10-24(23)19-30(25)28(33)34/h2-14,25H,15-19H2,1H3,(H,33,34). The second kappa shape index (κ2) is 10.9. The molecule has 7 heteroatoms. The van der Waals surface area contributed by atoms with E-state index in [2.05, 4.69) is 0 Å². The Balaban J connectivity index is 1.59. The van der Waals surface area contributed by atoms with Gasteiger partial charge in [0.1, 0.15) is 6.04 Å². The van der Waals surface area contributed by atoms with E-state index in [1.165, 1.54) is 12.0 Å². The number of esters is 1. The number of ether oxygens (including phenoxy) is 1. The molecule has 1 aliphatic heterocycles. The number of methoxy groups -OCH3 is 1. The monoisotopic (exact) mass is 472 g/mol.